The van der Waals surface area contributed by atoms with Gasteiger partial charge in [0.15, 0.2) is 5.76 Å². The van der Waals surface area contributed by atoms with Crippen molar-refractivity contribution in [2.75, 3.05) is 28.2 Å². The molecule has 1 aliphatic heterocycles. The summed E-state index contributed by atoms with van der Waals surface area (Å²) >= 11 is 0. The number of nitrogens with one attached hydrogen (secondary N) is 1. The molecule has 0 aliphatic carbocycles. The molecule has 34 heavy (non-hydrogen) atoms. The van der Waals surface area contributed by atoms with E-state index in [1.807, 2.05) is 25.1 Å². The molecule has 1 aromatic heterocycles. The maximum Gasteiger partial charge on any atom is 0.329 e. The molecule has 1 N–H and O–H groups in total. The molecule has 0 unspecified atom stereocenters. The number of aryl methyl sites for hydroxylation is 1. The minimum Gasteiger partial charge on any atom is -0.423 e. The van der Waals surface area contributed by atoms with Crippen LogP contribution in [0.2, 0.25) is 0 Å². The smallest absolute Gasteiger partial charge is 0.329 e. The number of oxazole rings is 1. The van der Waals surface area contributed by atoms with E-state index in [4.69, 9.17) is 9.68 Å². The first-order valence-corrected chi connectivity index (χ1v) is 10.7. The van der Waals surface area contributed by atoms with E-state index in [-0.39, 0.29) is 11.8 Å². The monoisotopic (exact) mass is 453 g/mol. The molecule has 3 aromatic carbocycles. The van der Waals surface area contributed by atoms with Gasteiger partial charge in [0.1, 0.15) is 5.82 Å². The van der Waals surface area contributed by atoms with Gasteiger partial charge < -0.3 is 9.73 Å². The maximum atomic E-state index is 13.6. The molecule has 168 valence electrons. The van der Waals surface area contributed by atoms with Gasteiger partial charge in [-0.25, -0.2) is 14.2 Å². The first kappa shape index (κ1) is 21.2. The van der Waals surface area contributed by atoms with E-state index in [9.17, 15) is 9.18 Å². The highest BCUT2D eigenvalue weighted by molar-refractivity contribution is 6.06. The molecule has 2 amide bonds. The quantitative estimate of drug-likeness (QED) is 0.410. The third-order valence-electron chi connectivity index (χ3n) is 5.71. The molecule has 7 nitrogen and oxygen atoms in total. The number of anilines is 4. The third-order valence-corrected chi connectivity index (χ3v) is 5.71. The van der Waals surface area contributed by atoms with Gasteiger partial charge in [-0.05, 0) is 67.1 Å². The zero-order valence-electron chi connectivity index (χ0n) is 18.3. The molecule has 0 radical (unpaired) electrons. The second-order valence-electron chi connectivity index (χ2n) is 7.91. The lowest BCUT2D eigenvalue weighted by atomic mass is 10.1. The van der Waals surface area contributed by atoms with Crippen LogP contribution in [0.5, 0.6) is 0 Å². The predicted octanol–water partition coefficient (Wildman–Crippen LogP) is 5.85. The van der Waals surface area contributed by atoms with Crippen LogP contribution < -0.4 is 15.1 Å². The summed E-state index contributed by atoms with van der Waals surface area (Å²) in [7, 11) is 0. The van der Waals surface area contributed by atoms with E-state index in [0.29, 0.717) is 36.1 Å². The van der Waals surface area contributed by atoms with Crippen molar-refractivity contribution in [1.29, 1.82) is 5.26 Å². The zero-order valence-corrected chi connectivity index (χ0v) is 18.3. The molecule has 5 rings (SSSR count). The van der Waals surface area contributed by atoms with E-state index in [0.717, 1.165) is 22.5 Å². The number of halogens is 1. The summed E-state index contributed by atoms with van der Waals surface area (Å²) in [5, 5.41) is 12.1. The Hall–Kier alpha value is -4.64. The van der Waals surface area contributed by atoms with Crippen LogP contribution >= 0.6 is 0 Å². The van der Waals surface area contributed by atoms with Crippen molar-refractivity contribution >= 4 is 29.1 Å². The van der Waals surface area contributed by atoms with Crippen LogP contribution in [0, 0.1) is 24.1 Å². The minimum atomic E-state index is -0.378. The summed E-state index contributed by atoms with van der Waals surface area (Å²) < 4.78 is 19.5. The van der Waals surface area contributed by atoms with Crippen LogP contribution in [0.3, 0.4) is 0 Å². The average molecular weight is 453 g/mol. The van der Waals surface area contributed by atoms with Gasteiger partial charge in [0.25, 0.3) is 6.01 Å². The summed E-state index contributed by atoms with van der Waals surface area (Å²) in [5.41, 5.74) is 4.34. The topological polar surface area (TPSA) is 85.4 Å². The van der Waals surface area contributed by atoms with Crippen LogP contribution in [0.4, 0.5) is 32.3 Å². The van der Waals surface area contributed by atoms with E-state index in [1.54, 1.807) is 52.4 Å². The molecule has 0 spiro atoms. The molecule has 1 aliphatic rings. The van der Waals surface area contributed by atoms with Gasteiger partial charge >= 0.3 is 6.03 Å². The van der Waals surface area contributed by atoms with Gasteiger partial charge in [-0.15, -0.1) is 0 Å². The molecule has 1 saturated heterocycles. The number of urea groups is 1. The number of hydrogen-bond acceptors (Lipinski definition) is 5. The molecular weight excluding hydrogens is 433 g/mol. The van der Waals surface area contributed by atoms with E-state index in [2.05, 4.69) is 16.4 Å². The number of hydrogen-bond donors (Lipinski definition) is 1. The zero-order chi connectivity index (χ0) is 23.7. The van der Waals surface area contributed by atoms with Gasteiger partial charge in [-0.2, -0.15) is 5.26 Å². The number of carbonyl (C=O) groups is 1. The lowest BCUT2D eigenvalue weighted by Gasteiger charge is -2.20. The fourth-order valence-corrected chi connectivity index (χ4v) is 3.86. The summed E-state index contributed by atoms with van der Waals surface area (Å²) in [5.74, 6) is 0.193. The highest BCUT2D eigenvalue weighted by Gasteiger charge is 2.31. The van der Waals surface area contributed by atoms with Crippen LogP contribution in [0.1, 0.15) is 11.1 Å². The van der Waals surface area contributed by atoms with Gasteiger partial charge in [-0.3, -0.25) is 9.80 Å². The highest BCUT2D eigenvalue weighted by Crippen LogP contribution is 2.31. The molecule has 0 saturated carbocycles. The van der Waals surface area contributed by atoms with Gasteiger partial charge in [0, 0.05) is 35.7 Å². The predicted molar refractivity (Wildman–Crippen MR) is 128 cm³/mol. The SMILES string of the molecule is Cc1ccc(N2CCN(c3cccc(F)c3)C2=O)cc1Nc1ncc(-c2ccc(C#N)cc2)o1. The lowest BCUT2D eigenvalue weighted by molar-refractivity contribution is 0.256. The first-order valence-electron chi connectivity index (χ1n) is 10.7. The fourth-order valence-electron chi connectivity index (χ4n) is 3.86. The second-order valence-corrected chi connectivity index (χ2v) is 7.91. The van der Waals surface area contributed by atoms with Crippen LogP contribution in [-0.4, -0.2) is 24.1 Å². The standard InChI is InChI=1S/C26H20FN5O2/c1-17-5-10-22(32-12-11-31(26(32)33)21-4-2-3-20(27)13-21)14-23(17)30-25-29-16-24(34-25)19-8-6-18(15-28)7-9-19/h2-10,13-14,16H,11-12H2,1H3,(H,29,30). The molecule has 0 bridgehead atoms. The minimum absolute atomic E-state index is 0.209. The average Bonchev–Trinajstić information content (AvgIpc) is 3.47. The Balaban J connectivity index is 1.35. The Labute approximate surface area is 195 Å². The number of rotatable bonds is 5. The summed E-state index contributed by atoms with van der Waals surface area (Å²) in [6, 6.07) is 20.9. The second kappa shape index (κ2) is 8.71. The highest BCUT2D eigenvalue weighted by atomic mass is 19.1. The number of carbonyl (C=O) groups excluding carboxylic acids is 1. The van der Waals surface area contributed by atoms with Crippen LogP contribution in [-0.2, 0) is 0 Å². The van der Waals surface area contributed by atoms with Crippen molar-refractivity contribution in [1.82, 2.24) is 4.98 Å². The van der Waals surface area contributed by atoms with Gasteiger partial charge in [0.2, 0.25) is 0 Å². The van der Waals surface area contributed by atoms with Crippen molar-refractivity contribution < 1.29 is 13.6 Å². The lowest BCUT2D eigenvalue weighted by Crippen LogP contribution is -2.31. The third kappa shape index (κ3) is 4.07. The van der Waals surface area contributed by atoms with Gasteiger partial charge in [0.05, 0.1) is 17.8 Å². The van der Waals surface area contributed by atoms with Crippen molar-refractivity contribution in [2.45, 2.75) is 6.92 Å². The fraction of sp³-hybridized carbons (Fsp3) is 0.115. The Kier molecular flexibility index (Phi) is 5.44. The number of amides is 2. The van der Waals surface area contributed by atoms with E-state index < -0.39 is 0 Å². The van der Waals surface area contributed by atoms with E-state index in [1.165, 1.54) is 12.1 Å². The normalized spacial score (nSPS) is 13.3. The number of nitriles is 1. The molecule has 8 heteroatoms. The Morgan fingerprint density at radius 3 is 2.47 bits per heavy atom. The summed E-state index contributed by atoms with van der Waals surface area (Å²) in [6.07, 6.45) is 1.61. The molecule has 0 atom stereocenters. The van der Waals surface area contributed by atoms with Crippen molar-refractivity contribution in [3.05, 3.63) is 89.9 Å². The Morgan fingerprint density at radius 1 is 1.03 bits per heavy atom. The van der Waals surface area contributed by atoms with Crippen molar-refractivity contribution in [3.8, 4) is 17.4 Å². The van der Waals surface area contributed by atoms with Crippen LogP contribution in [0.15, 0.2) is 77.3 Å². The first-order chi connectivity index (χ1) is 16.5. The molecular formula is C26H20FN5O2. The van der Waals surface area contributed by atoms with Gasteiger partial charge in [-0.1, -0.05) is 12.1 Å². The molecule has 2 heterocycles. The summed E-state index contributed by atoms with van der Waals surface area (Å²) in [6.45, 7) is 2.90. The van der Waals surface area contributed by atoms with Crippen molar-refractivity contribution in [3.63, 3.8) is 0 Å². The Bertz CT molecular complexity index is 1410. The largest absolute Gasteiger partial charge is 0.423 e. The van der Waals surface area contributed by atoms with Crippen LogP contribution in [0.25, 0.3) is 11.3 Å². The number of aromatic nitrogens is 1. The molecule has 1 fully saturated rings. The maximum absolute atomic E-state index is 13.6. The van der Waals surface area contributed by atoms with E-state index >= 15 is 0 Å². The number of nitrogens with zero attached hydrogens (tertiary/aromatic N) is 4. The summed E-state index contributed by atoms with van der Waals surface area (Å²) in [4.78, 5) is 20.6. The number of benzene rings is 3. The Morgan fingerprint density at radius 2 is 1.76 bits per heavy atom. The van der Waals surface area contributed by atoms with Crippen molar-refractivity contribution in [2.24, 2.45) is 0 Å². The molecule has 4 aromatic rings.